The van der Waals surface area contributed by atoms with Gasteiger partial charge in [0.15, 0.2) is 11.5 Å². The fraction of sp³-hybridized carbons (Fsp3) is 0.400. The first kappa shape index (κ1) is 16.3. The molecule has 114 valence electrons. The number of halogens is 1. The number of rotatable bonds is 7. The number of hydrogen-bond acceptors (Lipinski definition) is 5. The molecule has 0 bridgehead atoms. The molecule has 0 aliphatic rings. The third-order valence-electron chi connectivity index (χ3n) is 3.15. The molecule has 4 nitrogen and oxygen atoms in total. The lowest BCUT2D eigenvalue weighted by atomic mass is 10.0. The first-order valence-electron chi connectivity index (χ1n) is 6.76. The summed E-state index contributed by atoms with van der Waals surface area (Å²) in [6.45, 7) is 2.57. The normalized spacial score (nSPS) is 12.2. The summed E-state index contributed by atoms with van der Waals surface area (Å²) in [6, 6.07) is 4.19. The lowest BCUT2D eigenvalue weighted by Gasteiger charge is -2.15. The van der Waals surface area contributed by atoms with Crippen molar-refractivity contribution in [1.82, 2.24) is 4.98 Å². The van der Waals surface area contributed by atoms with Crippen LogP contribution in [-0.4, -0.2) is 18.1 Å². The molecule has 2 N–H and O–H groups in total. The quantitative estimate of drug-likeness (QED) is 0.805. The van der Waals surface area contributed by atoms with Crippen LogP contribution in [0.15, 0.2) is 28.3 Å². The minimum Gasteiger partial charge on any atom is -0.493 e. The highest BCUT2D eigenvalue weighted by Gasteiger charge is 2.13. The van der Waals surface area contributed by atoms with Gasteiger partial charge < -0.3 is 15.2 Å². The number of hydrogen-bond donors (Lipinski definition) is 1. The molecule has 1 aromatic heterocycles. The largest absolute Gasteiger partial charge is 0.493 e. The number of ether oxygens (including phenoxy) is 2. The van der Waals surface area contributed by atoms with E-state index in [1.165, 1.54) is 0 Å². The van der Waals surface area contributed by atoms with Crippen molar-refractivity contribution in [2.45, 2.75) is 32.4 Å². The van der Waals surface area contributed by atoms with Gasteiger partial charge in [-0.1, -0.05) is 6.92 Å². The zero-order chi connectivity index (χ0) is 15.2. The van der Waals surface area contributed by atoms with Crippen LogP contribution in [0.4, 0.5) is 0 Å². The zero-order valence-electron chi connectivity index (χ0n) is 12.1. The molecule has 0 aliphatic heterocycles. The van der Waals surface area contributed by atoms with Crippen LogP contribution in [0.25, 0.3) is 0 Å². The summed E-state index contributed by atoms with van der Waals surface area (Å²) in [5.41, 5.74) is 8.94. The van der Waals surface area contributed by atoms with Crippen molar-refractivity contribution < 1.29 is 9.47 Å². The summed E-state index contributed by atoms with van der Waals surface area (Å²) < 4.78 is 12.2. The van der Waals surface area contributed by atoms with E-state index in [9.17, 15) is 0 Å². The van der Waals surface area contributed by atoms with Gasteiger partial charge in [0, 0.05) is 12.2 Å². The number of benzene rings is 1. The summed E-state index contributed by atoms with van der Waals surface area (Å²) in [5, 5.41) is 0. The number of nitrogens with zero attached hydrogens (tertiary/aromatic N) is 1. The van der Waals surface area contributed by atoms with E-state index in [0.717, 1.165) is 27.8 Å². The average molecular weight is 371 g/mol. The standard InChI is InChI=1S/C15H19BrN2O2S/c1-3-11(17)4-10-5-13(16)15(14(6-10)19-2)20-8-12-7-18-9-21-12/h5-7,9,11H,3-4,8,17H2,1-2H3. The Morgan fingerprint density at radius 1 is 1.43 bits per heavy atom. The highest BCUT2D eigenvalue weighted by atomic mass is 79.9. The molecule has 0 saturated heterocycles. The Labute approximate surface area is 137 Å². The van der Waals surface area contributed by atoms with E-state index in [2.05, 4.69) is 27.8 Å². The molecule has 1 heterocycles. The van der Waals surface area contributed by atoms with Crippen LogP contribution in [0.5, 0.6) is 11.5 Å². The topological polar surface area (TPSA) is 57.4 Å². The van der Waals surface area contributed by atoms with Crippen LogP contribution in [0.3, 0.4) is 0 Å². The van der Waals surface area contributed by atoms with Gasteiger partial charge >= 0.3 is 0 Å². The lowest BCUT2D eigenvalue weighted by molar-refractivity contribution is 0.285. The van der Waals surface area contributed by atoms with Crippen molar-refractivity contribution in [3.8, 4) is 11.5 Å². The smallest absolute Gasteiger partial charge is 0.175 e. The summed E-state index contributed by atoms with van der Waals surface area (Å²) in [5.74, 6) is 1.42. The van der Waals surface area contributed by atoms with E-state index in [0.29, 0.717) is 18.1 Å². The Hall–Kier alpha value is -1.11. The van der Waals surface area contributed by atoms with Gasteiger partial charge in [0.05, 0.1) is 22.0 Å². The predicted octanol–water partition coefficient (Wildman–Crippen LogP) is 3.77. The number of thiazole rings is 1. The van der Waals surface area contributed by atoms with Gasteiger partial charge in [-0.2, -0.15) is 0 Å². The van der Waals surface area contributed by atoms with Crippen LogP contribution < -0.4 is 15.2 Å². The van der Waals surface area contributed by atoms with Crippen LogP contribution in [0.2, 0.25) is 0 Å². The number of aromatic nitrogens is 1. The third-order valence-corrected chi connectivity index (χ3v) is 4.50. The molecule has 1 aromatic carbocycles. The molecule has 2 aromatic rings. The van der Waals surface area contributed by atoms with E-state index < -0.39 is 0 Å². The molecule has 6 heteroatoms. The lowest BCUT2D eigenvalue weighted by Crippen LogP contribution is -2.21. The maximum Gasteiger partial charge on any atom is 0.175 e. The SMILES string of the molecule is CCC(N)Cc1cc(Br)c(OCc2cncs2)c(OC)c1. The molecule has 2 rings (SSSR count). The molecule has 0 spiro atoms. The van der Waals surface area contributed by atoms with Crippen molar-refractivity contribution in [1.29, 1.82) is 0 Å². The van der Waals surface area contributed by atoms with Gasteiger partial charge in [-0.05, 0) is 46.5 Å². The average Bonchev–Trinajstić information content (AvgIpc) is 2.98. The van der Waals surface area contributed by atoms with Crippen LogP contribution in [-0.2, 0) is 13.0 Å². The second-order valence-corrected chi connectivity index (χ2v) is 6.56. The van der Waals surface area contributed by atoms with Gasteiger partial charge in [-0.25, -0.2) is 0 Å². The van der Waals surface area contributed by atoms with Crippen molar-refractivity contribution in [3.05, 3.63) is 38.8 Å². The maximum atomic E-state index is 6.01. The van der Waals surface area contributed by atoms with E-state index in [-0.39, 0.29) is 6.04 Å². The highest BCUT2D eigenvalue weighted by molar-refractivity contribution is 9.10. The third kappa shape index (κ3) is 4.43. The van der Waals surface area contributed by atoms with Gasteiger partial charge in [-0.3, -0.25) is 4.98 Å². The first-order chi connectivity index (χ1) is 10.1. The fourth-order valence-corrected chi connectivity index (χ4v) is 3.04. The molecule has 0 fully saturated rings. The second-order valence-electron chi connectivity index (χ2n) is 4.74. The Kier molecular flexibility index (Phi) is 6.02. The molecule has 21 heavy (non-hydrogen) atoms. The van der Waals surface area contributed by atoms with Crippen molar-refractivity contribution in [2.75, 3.05) is 7.11 Å². The first-order valence-corrected chi connectivity index (χ1v) is 8.43. The predicted molar refractivity (Wildman–Crippen MR) is 89.1 cm³/mol. The second kappa shape index (κ2) is 7.77. The molecular weight excluding hydrogens is 352 g/mol. The Morgan fingerprint density at radius 3 is 2.86 bits per heavy atom. The molecule has 1 atom stereocenters. The molecule has 0 radical (unpaired) electrons. The Balaban J connectivity index is 2.16. The molecule has 0 saturated carbocycles. The Bertz CT molecular complexity index is 575. The summed E-state index contributed by atoms with van der Waals surface area (Å²) >= 11 is 5.12. The van der Waals surface area contributed by atoms with Crippen molar-refractivity contribution >= 4 is 27.3 Å². The highest BCUT2D eigenvalue weighted by Crippen LogP contribution is 2.37. The van der Waals surface area contributed by atoms with Crippen molar-refractivity contribution in [3.63, 3.8) is 0 Å². The van der Waals surface area contributed by atoms with E-state index in [1.54, 1.807) is 30.2 Å². The Morgan fingerprint density at radius 2 is 2.24 bits per heavy atom. The molecule has 0 amide bonds. The van der Waals surface area contributed by atoms with E-state index in [4.69, 9.17) is 15.2 Å². The van der Waals surface area contributed by atoms with Crippen LogP contribution in [0, 0.1) is 0 Å². The molecule has 1 unspecified atom stereocenters. The monoisotopic (exact) mass is 370 g/mol. The van der Waals surface area contributed by atoms with Gasteiger partial charge in [0.1, 0.15) is 6.61 Å². The minimum atomic E-state index is 0.158. The van der Waals surface area contributed by atoms with E-state index in [1.807, 2.05) is 12.1 Å². The zero-order valence-corrected chi connectivity index (χ0v) is 14.5. The number of nitrogens with two attached hydrogens (primary N) is 1. The van der Waals surface area contributed by atoms with Gasteiger partial charge in [0.2, 0.25) is 0 Å². The summed E-state index contributed by atoms with van der Waals surface area (Å²) in [4.78, 5) is 5.11. The number of methoxy groups -OCH3 is 1. The fourth-order valence-electron chi connectivity index (χ4n) is 1.93. The maximum absolute atomic E-state index is 6.01. The van der Waals surface area contributed by atoms with Crippen LogP contribution in [0.1, 0.15) is 23.8 Å². The summed E-state index contributed by atoms with van der Waals surface area (Å²) in [7, 11) is 1.64. The minimum absolute atomic E-state index is 0.158. The van der Waals surface area contributed by atoms with E-state index >= 15 is 0 Å². The van der Waals surface area contributed by atoms with Crippen molar-refractivity contribution in [2.24, 2.45) is 5.73 Å². The van der Waals surface area contributed by atoms with Gasteiger partial charge in [-0.15, -0.1) is 11.3 Å². The van der Waals surface area contributed by atoms with Crippen LogP contribution >= 0.6 is 27.3 Å². The van der Waals surface area contributed by atoms with Gasteiger partial charge in [0.25, 0.3) is 0 Å². The molecular formula is C15H19BrN2O2S. The molecule has 0 aliphatic carbocycles. The summed E-state index contributed by atoms with van der Waals surface area (Å²) in [6.07, 6.45) is 3.57.